The molecule has 0 aromatic carbocycles. The van der Waals surface area contributed by atoms with E-state index in [4.69, 9.17) is 6.42 Å². The van der Waals surface area contributed by atoms with Crippen molar-refractivity contribution in [3.63, 3.8) is 0 Å². The summed E-state index contributed by atoms with van der Waals surface area (Å²) in [5, 5.41) is 0. The minimum Gasteiger partial charge on any atom is -0.446 e. The normalized spacial score (nSPS) is 24.8. The molecule has 46 valence electrons. The molecule has 0 saturated heterocycles. The lowest BCUT2D eigenvalue weighted by Crippen LogP contribution is -2.17. The van der Waals surface area contributed by atoms with Crippen LogP contribution in [0.5, 0.6) is 0 Å². The average molecular weight is 122 g/mol. The lowest BCUT2D eigenvalue weighted by molar-refractivity contribution is -0.141. The van der Waals surface area contributed by atoms with Crippen molar-refractivity contribution < 1.29 is 9.53 Å². The quantitative estimate of drug-likeness (QED) is 0.345. The van der Waals surface area contributed by atoms with Gasteiger partial charge in [0.25, 0.3) is 0 Å². The monoisotopic (exact) mass is 122 g/mol. The second-order valence-electron chi connectivity index (χ2n) is 1.73. The van der Waals surface area contributed by atoms with Gasteiger partial charge >= 0.3 is 5.97 Å². The Morgan fingerprint density at radius 3 is 3.11 bits per heavy atom. The van der Waals surface area contributed by atoms with E-state index in [0.29, 0.717) is 6.42 Å². The van der Waals surface area contributed by atoms with Crippen LogP contribution in [-0.2, 0) is 9.53 Å². The van der Waals surface area contributed by atoms with Crippen molar-refractivity contribution in [2.24, 2.45) is 0 Å². The molecule has 1 rings (SSSR count). The third-order valence-corrected chi connectivity index (χ3v) is 1.05. The molecular formula is C7H6O2. The summed E-state index contributed by atoms with van der Waals surface area (Å²) in [5.41, 5.74) is 0. The highest BCUT2D eigenvalue weighted by molar-refractivity contribution is 5.83. The van der Waals surface area contributed by atoms with Gasteiger partial charge in [0.1, 0.15) is 0 Å². The zero-order chi connectivity index (χ0) is 6.69. The van der Waals surface area contributed by atoms with E-state index in [9.17, 15) is 4.79 Å². The number of hydrogen-bond donors (Lipinski definition) is 0. The summed E-state index contributed by atoms with van der Waals surface area (Å²) < 4.78 is 4.67. The molecule has 1 heterocycles. The Bertz CT molecular complexity index is 186. The first-order valence-corrected chi connectivity index (χ1v) is 2.66. The van der Waals surface area contributed by atoms with Gasteiger partial charge in [-0.2, -0.15) is 0 Å². The summed E-state index contributed by atoms with van der Waals surface area (Å²) in [4.78, 5) is 10.4. The molecule has 2 nitrogen and oxygen atoms in total. The maximum absolute atomic E-state index is 10.4. The number of esters is 1. The number of hydrogen-bond acceptors (Lipinski definition) is 2. The molecule has 0 aliphatic carbocycles. The Kier molecular flexibility index (Phi) is 1.55. The largest absolute Gasteiger partial charge is 0.446 e. The second kappa shape index (κ2) is 2.36. The molecule has 1 atom stereocenters. The van der Waals surface area contributed by atoms with Gasteiger partial charge in [-0.05, 0) is 0 Å². The lowest BCUT2D eigenvalue weighted by Gasteiger charge is -2.11. The molecule has 1 aliphatic heterocycles. The number of carbonyl (C=O) groups is 1. The minimum absolute atomic E-state index is 0.343. The molecule has 0 fully saturated rings. The highest BCUT2D eigenvalue weighted by Crippen LogP contribution is 2.04. The van der Waals surface area contributed by atoms with E-state index >= 15 is 0 Å². The molecule has 0 radical (unpaired) electrons. The Morgan fingerprint density at radius 2 is 2.67 bits per heavy atom. The van der Waals surface area contributed by atoms with Crippen molar-refractivity contribution in [1.82, 2.24) is 0 Å². The zero-order valence-corrected chi connectivity index (χ0v) is 4.83. The minimum atomic E-state index is -0.345. The summed E-state index contributed by atoms with van der Waals surface area (Å²) in [7, 11) is 0. The Hall–Kier alpha value is -1.23. The number of terminal acetylenes is 1. The third-order valence-electron chi connectivity index (χ3n) is 1.05. The summed E-state index contributed by atoms with van der Waals surface area (Å²) in [6, 6.07) is 0. The van der Waals surface area contributed by atoms with Crippen molar-refractivity contribution in [2.45, 2.75) is 12.5 Å². The summed E-state index contributed by atoms with van der Waals surface area (Å²) in [5.74, 6) is 2.00. The van der Waals surface area contributed by atoms with Gasteiger partial charge < -0.3 is 4.74 Å². The number of cyclic esters (lactones) is 1. The summed E-state index contributed by atoms with van der Waals surface area (Å²) >= 11 is 0. The van der Waals surface area contributed by atoms with E-state index in [-0.39, 0.29) is 12.1 Å². The van der Waals surface area contributed by atoms with Crippen LogP contribution >= 0.6 is 0 Å². The molecule has 9 heavy (non-hydrogen) atoms. The first-order valence-electron chi connectivity index (χ1n) is 2.66. The summed E-state index contributed by atoms with van der Waals surface area (Å²) in [6.45, 7) is 0. The van der Waals surface area contributed by atoms with Gasteiger partial charge in [0.2, 0.25) is 0 Å². The summed E-state index contributed by atoms with van der Waals surface area (Å²) in [6.07, 6.45) is 8.40. The average Bonchev–Trinajstić information content (AvgIpc) is 1.88. The topological polar surface area (TPSA) is 26.3 Å². The zero-order valence-electron chi connectivity index (χ0n) is 4.83. The van der Waals surface area contributed by atoms with Gasteiger partial charge in [0.05, 0.1) is 0 Å². The standard InChI is InChI=1S/C7H6O2/c1-2-6-4-3-5-7(8)9-6/h1,3,5-6H,4H2. The van der Waals surface area contributed by atoms with Crippen LogP contribution < -0.4 is 0 Å². The van der Waals surface area contributed by atoms with Crippen LogP contribution in [0, 0.1) is 12.3 Å². The van der Waals surface area contributed by atoms with Gasteiger partial charge in [-0.3, -0.25) is 0 Å². The molecule has 0 N–H and O–H groups in total. The SMILES string of the molecule is C#CC1CC=CC(=O)O1. The maximum Gasteiger partial charge on any atom is 0.331 e. The highest BCUT2D eigenvalue weighted by atomic mass is 16.5. The van der Waals surface area contributed by atoms with Gasteiger partial charge in [0.15, 0.2) is 6.10 Å². The fraction of sp³-hybridized carbons (Fsp3) is 0.286. The molecule has 0 aromatic heterocycles. The van der Waals surface area contributed by atoms with Crippen LogP contribution in [0.3, 0.4) is 0 Å². The molecule has 0 aromatic rings. The molecule has 0 bridgehead atoms. The Labute approximate surface area is 53.5 Å². The highest BCUT2D eigenvalue weighted by Gasteiger charge is 2.11. The van der Waals surface area contributed by atoms with Crippen LogP contribution in [0.25, 0.3) is 0 Å². The van der Waals surface area contributed by atoms with Gasteiger partial charge in [-0.1, -0.05) is 12.0 Å². The van der Waals surface area contributed by atoms with Crippen molar-refractivity contribution in [1.29, 1.82) is 0 Å². The van der Waals surface area contributed by atoms with Crippen LogP contribution in [-0.4, -0.2) is 12.1 Å². The molecular weight excluding hydrogens is 116 g/mol. The third kappa shape index (κ3) is 1.33. The number of rotatable bonds is 0. The molecule has 2 heteroatoms. The maximum atomic E-state index is 10.4. The smallest absolute Gasteiger partial charge is 0.331 e. The molecule has 0 amide bonds. The first-order chi connectivity index (χ1) is 4.33. The van der Waals surface area contributed by atoms with Crippen molar-refractivity contribution in [3.8, 4) is 12.3 Å². The van der Waals surface area contributed by atoms with Crippen LogP contribution in [0.15, 0.2) is 12.2 Å². The van der Waals surface area contributed by atoms with E-state index in [1.54, 1.807) is 6.08 Å². The molecule has 0 spiro atoms. The van der Waals surface area contributed by atoms with Crippen LogP contribution in [0.4, 0.5) is 0 Å². The predicted octanol–water partition coefficient (Wildman–Crippen LogP) is 0.491. The van der Waals surface area contributed by atoms with E-state index < -0.39 is 0 Å². The van der Waals surface area contributed by atoms with Crippen molar-refractivity contribution in [2.75, 3.05) is 0 Å². The Balaban J connectivity index is 2.60. The van der Waals surface area contributed by atoms with E-state index in [1.165, 1.54) is 6.08 Å². The second-order valence-corrected chi connectivity index (χ2v) is 1.73. The van der Waals surface area contributed by atoms with Gasteiger partial charge in [-0.15, -0.1) is 6.42 Å². The first kappa shape index (κ1) is 5.90. The fourth-order valence-electron chi connectivity index (χ4n) is 0.618. The predicted molar refractivity (Wildman–Crippen MR) is 32.5 cm³/mol. The lowest BCUT2D eigenvalue weighted by atomic mass is 10.2. The Morgan fingerprint density at radius 1 is 1.89 bits per heavy atom. The van der Waals surface area contributed by atoms with Crippen LogP contribution in [0.2, 0.25) is 0 Å². The van der Waals surface area contributed by atoms with E-state index in [1.807, 2.05) is 0 Å². The van der Waals surface area contributed by atoms with Crippen molar-refractivity contribution >= 4 is 5.97 Å². The van der Waals surface area contributed by atoms with Gasteiger partial charge in [0, 0.05) is 12.5 Å². The van der Waals surface area contributed by atoms with Crippen LogP contribution in [0.1, 0.15) is 6.42 Å². The fourth-order valence-corrected chi connectivity index (χ4v) is 0.618. The number of ether oxygens (including phenoxy) is 1. The molecule has 0 saturated carbocycles. The van der Waals surface area contributed by atoms with Gasteiger partial charge in [-0.25, -0.2) is 4.79 Å². The number of carbonyl (C=O) groups excluding carboxylic acids is 1. The molecule has 1 unspecified atom stereocenters. The van der Waals surface area contributed by atoms with Crippen molar-refractivity contribution in [3.05, 3.63) is 12.2 Å². The van der Waals surface area contributed by atoms with E-state index in [0.717, 1.165) is 0 Å². The van der Waals surface area contributed by atoms with E-state index in [2.05, 4.69) is 10.7 Å². The molecule has 1 aliphatic rings.